The number of likely N-dealkylation sites (tertiary alicyclic amines) is 1. The normalized spacial score (nSPS) is 16.9. The lowest BCUT2D eigenvalue weighted by Gasteiger charge is -2.32. The molecule has 0 spiro atoms. The molecule has 5 rings (SSSR count). The van der Waals surface area contributed by atoms with Crippen LogP contribution in [0.15, 0.2) is 53.4 Å². The molecule has 0 bridgehead atoms. The molecule has 0 amide bonds. The summed E-state index contributed by atoms with van der Waals surface area (Å²) < 4.78 is 13.9. The number of hydrogen-bond donors (Lipinski definition) is 2. The minimum atomic E-state index is -1.82. The second kappa shape index (κ2) is 13.8. The van der Waals surface area contributed by atoms with Crippen molar-refractivity contribution in [2.45, 2.75) is 49.8 Å². The number of esters is 1. The number of aromatic nitrogens is 2. The molecule has 0 radical (unpaired) electrons. The first-order chi connectivity index (χ1) is 19.7. The molecule has 11 heteroatoms. The summed E-state index contributed by atoms with van der Waals surface area (Å²) in [7, 11) is 3.60. The lowest BCUT2D eigenvalue weighted by Crippen LogP contribution is -2.35. The molecule has 2 aliphatic rings. The largest absolute Gasteiger partial charge is 0.473 e. The summed E-state index contributed by atoms with van der Waals surface area (Å²) in [6.45, 7) is 5.19. The fourth-order valence-corrected chi connectivity index (χ4v) is 5.79. The SMILES string of the molecule is COC(=O)CSc1ccc(-c2nc3n(c2C)CCc2ccccc2C3OC2CCN(C)CC2)cc1.O=C(O)C(=O)O. The third kappa shape index (κ3) is 7.55. The van der Waals surface area contributed by atoms with Crippen molar-refractivity contribution in [2.75, 3.05) is 33.0 Å². The molecule has 1 aromatic heterocycles. The van der Waals surface area contributed by atoms with Gasteiger partial charge < -0.3 is 29.2 Å². The molecule has 0 saturated carbocycles. The number of imidazole rings is 1. The van der Waals surface area contributed by atoms with Crippen LogP contribution in [-0.2, 0) is 36.8 Å². The number of piperidine rings is 1. The maximum Gasteiger partial charge on any atom is 0.414 e. The third-order valence-electron chi connectivity index (χ3n) is 7.32. The molecule has 3 aromatic rings. The zero-order valence-corrected chi connectivity index (χ0v) is 24.2. The van der Waals surface area contributed by atoms with E-state index >= 15 is 0 Å². The number of carbonyl (C=O) groups is 3. The number of aliphatic carboxylic acids is 2. The van der Waals surface area contributed by atoms with Crippen molar-refractivity contribution >= 4 is 29.7 Å². The summed E-state index contributed by atoms with van der Waals surface area (Å²) in [4.78, 5) is 38.3. The third-order valence-corrected chi connectivity index (χ3v) is 8.30. The lowest BCUT2D eigenvalue weighted by molar-refractivity contribution is -0.159. The lowest BCUT2D eigenvalue weighted by atomic mass is 10.00. The van der Waals surface area contributed by atoms with Crippen LogP contribution in [0.1, 0.15) is 41.6 Å². The van der Waals surface area contributed by atoms with Crippen molar-refractivity contribution in [3.8, 4) is 11.3 Å². The van der Waals surface area contributed by atoms with Crippen LogP contribution in [0.2, 0.25) is 0 Å². The predicted molar refractivity (Wildman–Crippen MR) is 154 cm³/mol. The number of carboxylic acid groups (broad SMARTS) is 2. The maximum atomic E-state index is 11.5. The zero-order chi connectivity index (χ0) is 29.5. The van der Waals surface area contributed by atoms with Crippen LogP contribution < -0.4 is 0 Å². The maximum absolute atomic E-state index is 11.5. The Hall–Kier alpha value is -3.67. The van der Waals surface area contributed by atoms with Gasteiger partial charge in [0.2, 0.25) is 0 Å². The molecule has 2 aromatic carbocycles. The van der Waals surface area contributed by atoms with E-state index in [4.69, 9.17) is 34.3 Å². The van der Waals surface area contributed by atoms with Gasteiger partial charge in [-0.25, -0.2) is 14.6 Å². The van der Waals surface area contributed by atoms with Crippen molar-refractivity contribution in [1.82, 2.24) is 14.5 Å². The highest BCUT2D eigenvalue weighted by molar-refractivity contribution is 8.00. The van der Waals surface area contributed by atoms with E-state index in [0.717, 1.165) is 60.9 Å². The van der Waals surface area contributed by atoms with Crippen LogP contribution in [-0.4, -0.2) is 81.7 Å². The topological polar surface area (TPSA) is 131 Å². The molecule has 2 N–H and O–H groups in total. The van der Waals surface area contributed by atoms with Crippen LogP contribution >= 0.6 is 11.8 Å². The minimum absolute atomic E-state index is 0.163. The van der Waals surface area contributed by atoms with Gasteiger partial charge in [0.25, 0.3) is 0 Å². The smallest absolute Gasteiger partial charge is 0.414 e. The van der Waals surface area contributed by atoms with E-state index < -0.39 is 11.9 Å². The van der Waals surface area contributed by atoms with Gasteiger partial charge in [-0.1, -0.05) is 36.4 Å². The van der Waals surface area contributed by atoms with Gasteiger partial charge in [-0.2, -0.15) is 0 Å². The number of nitrogens with zero attached hydrogens (tertiary/aromatic N) is 3. The average Bonchev–Trinajstić information content (AvgIpc) is 3.21. The van der Waals surface area contributed by atoms with E-state index in [2.05, 4.69) is 72.0 Å². The number of carbonyl (C=O) groups excluding carboxylic acids is 1. The Morgan fingerprint density at radius 3 is 2.29 bits per heavy atom. The van der Waals surface area contributed by atoms with Crippen LogP contribution in [0.4, 0.5) is 0 Å². The summed E-state index contributed by atoms with van der Waals surface area (Å²) in [5.41, 5.74) is 5.84. The number of fused-ring (bicyclic) bond motifs is 2. The first-order valence-corrected chi connectivity index (χ1v) is 14.4. The minimum Gasteiger partial charge on any atom is -0.473 e. The van der Waals surface area contributed by atoms with E-state index in [1.54, 1.807) is 0 Å². The predicted octanol–water partition coefficient (Wildman–Crippen LogP) is 4.04. The van der Waals surface area contributed by atoms with Gasteiger partial charge in [0, 0.05) is 35.8 Å². The first-order valence-electron chi connectivity index (χ1n) is 13.4. The molecule has 1 saturated heterocycles. The van der Waals surface area contributed by atoms with E-state index in [9.17, 15) is 4.79 Å². The van der Waals surface area contributed by atoms with Gasteiger partial charge in [-0.15, -0.1) is 11.8 Å². The van der Waals surface area contributed by atoms with Gasteiger partial charge in [0.1, 0.15) is 11.9 Å². The first kappa shape index (κ1) is 30.3. The van der Waals surface area contributed by atoms with Crippen molar-refractivity contribution in [3.05, 3.63) is 71.2 Å². The number of carboxylic acids is 2. The Kier molecular flexibility index (Phi) is 10.2. The Labute approximate surface area is 243 Å². The van der Waals surface area contributed by atoms with Gasteiger partial charge in [0.15, 0.2) is 0 Å². The van der Waals surface area contributed by atoms with E-state index in [-0.39, 0.29) is 18.2 Å². The van der Waals surface area contributed by atoms with Crippen molar-refractivity contribution in [2.24, 2.45) is 0 Å². The Morgan fingerprint density at radius 1 is 1.00 bits per heavy atom. The summed E-state index contributed by atoms with van der Waals surface area (Å²) in [5.74, 6) is -2.55. The highest BCUT2D eigenvalue weighted by Crippen LogP contribution is 2.37. The van der Waals surface area contributed by atoms with Crippen LogP contribution in [0.5, 0.6) is 0 Å². The molecule has 0 aliphatic carbocycles. The second-order valence-electron chi connectivity index (χ2n) is 10.0. The molecule has 3 heterocycles. The number of aryl methyl sites for hydroxylation is 1. The number of hydrogen-bond acceptors (Lipinski definition) is 8. The second-order valence-corrected chi connectivity index (χ2v) is 11.1. The Morgan fingerprint density at radius 2 is 1.66 bits per heavy atom. The van der Waals surface area contributed by atoms with Crippen molar-refractivity contribution < 1.29 is 34.1 Å². The van der Waals surface area contributed by atoms with Crippen LogP contribution in [0, 0.1) is 6.92 Å². The van der Waals surface area contributed by atoms with Crippen LogP contribution in [0.25, 0.3) is 11.3 Å². The monoisotopic (exact) mass is 581 g/mol. The fraction of sp³-hybridized carbons (Fsp3) is 0.400. The highest BCUT2D eigenvalue weighted by atomic mass is 32.2. The van der Waals surface area contributed by atoms with E-state index in [1.807, 2.05) is 0 Å². The van der Waals surface area contributed by atoms with Gasteiger partial charge in [0.05, 0.1) is 24.7 Å². The zero-order valence-electron chi connectivity index (χ0n) is 23.4. The van der Waals surface area contributed by atoms with E-state index in [0.29, 0.717) is 5.75 Å². The Balaban J connectivity index is 0.000000585. The molecule has 1 fully saturated rings. The molecular formula is C30H35N3O7S. The van der Waals surface area contributed by atoms with Crippen molar-refractivity contribution in [3.63, 3.8) is 0 Å². The van der Waals surface area contributed by atoms with Gasteiger partial charge in [-0.3, -0.25) is 4.79 Å². The van der Waals surface area contributed by atoms with Crippen LogP contribution in [0.3, 0.4) is 0 Å². The fourth-order valence-electron chi connectivity index (χ4n) is 5.06. The summed E-state index contributed by atoms with van der Waals surface area (Å²) in [5, 5.41) is 14.8. The molecule has 1 unspecified atom stereocenters. The molecule has 2 aliphatic heterocycles. The molecule has 41 heavy (non-hydrogen) atoms. The molecule has 10 nitrogen and oxygen atoms in total. The van der Waals surface area contributed by atoms with Gasteiger partial charge >= 0.3 is 17.9 Å². The highest BCUT2D eigenvalue weighted by Gasteiger charge is 2.32. The summed E-state index contributed by atoms with van der Waals surface area (Å²) in [6, 6.07) is 17.0. The Bertz CT molecular complexity index is 1370. The summed E-state index contributed by atoms with van der Waals surface area (Å²) >= 11 is 1.48. The van der Waals surface area contributed by atoms with Crippen molar-refractivity contribution in [1.29, 1.82) is 0 Å². The standard InChI is InChI=1S/C28H33N3O3S.C2H2O4/c1-19-26(21-8-10-23(11-9-21)35-18-25(32)33-3)29-28-27(34-22-13-15-30(2)16-14-22)24-7-5-4-6-20(24)12-17-31(19)28;3-1(4)2(5)6/h4-11,22,27H,12-18H2,1-3H3;(H,3,4)(H,5,6). The number of benzene rings is 2. The van der Waals surface area contributed by atoms with E-state index in [1.165, 1.54) is 35.7 Å². The molecular weight excluding hydrogens is 546 g/mol. The summed E-state index contributed by atoms with van der Waals surface area (Å²) in [6.07, 6.45) is 3.14. The number of thioether (sulfide) groups is 1. The number of rotatable bonds is 6. The quantitative estimate of drug-likeness (QED) is 0.250. The number of methoxy groups -OCH3 is 1. The number of ether oxygens (including phenoxy) is 2. The molecule has 1 atom stereocenters. The van der Waals surface area contributed by atoms with Gasteiger partial charge in [-0.05, 0) is 56.5 Å². The molecule has 218 valence electrons. The average molecular weight is 582 g/mol.